The Morgan fingerprint density at radius 2 is 1.90 bits per heavy atom. The van der Waals surface area contributed by atoms with Crippen molar-refractivity contribution < 1.29 is 0 Å². The van der Waals surface area contributed by atoms with Crippen LogP contribution in [0.5, 0.6) is 0 Å². The van der Waals surface area contributed by atoms with E-state index in [1.54, 1.807) is 0 Å². The van der Waals surface area contributed by atoms with E-state index in [1.807, 2.05) is 11.3 Å². The summed E-state index contributed by atoms with van der Waals surface area (Å²) in [7, 11) is 2.16. The van der Waals surface area contributed by atoms with Crippen LogP contribution in [0.1, 0.15) is 20.9 Å². The molecule has 3 heteroatoms. The lowest BCUT2D eigenvalue weighted by Crippen LogP contribution is -2.29. The number of hydrogen-bond donors (Lipinski definition) is 1. The molecule has 0 bridgehead atoms. The molecule has 0 atom stereocenters. The summed E-state index contributed by atoms with van der Waals surface area (Å²) in [5, 5.41) is 3.52. The molecule has 20 heavy (non-hydrogen) atoms. The molecule has 1 N–H and O–H groups in total. The van der Waals surface area contributed by atoms with E-state index in [0.717, 1.165) is 19.6 Å². The van der Waals surface area contributed by atoms with E-state index >= 15 is 0 Å². The molecular formula is C17H24N2S. The molecule has 1 heterocycles. The highest BCUT2D eigenvalue weighted by molar-refractivity contribution is 7.11. The lowest BCUT2D eigenvalue weighted by atomic mass is 10.1. The normalized spacial score (nSPS) is 10.8. The predicted octanol–water partition coefficient (Wildman–Crippen LogP) is 3.90. The second-order valence-corrected chi connectivity index (χ2v) is 6.77. The van der Waals surface area contributed by atoms with Gasteiger partial charge in [0, 0.05) is 42.1 Å². The molecule has 1 aromatic carbocycles. The van der Waals surface area contributed by atoms with Crippen molar-refractivity contribution in [1.29, 1.82) is 0 Å². The van der Waals surface area contributed by atoms with Gasteiger partial charge in [-0.25, -0.2) is 0 Å². The van der Waals surface area contributed by atoms with Crippen molar-refractivity contribution in [3.63, 3.8) is 0 Å². The Bertz CT molecular complexity index is 560. The van der Waals surface area contributed by atoms with Gasteiger partial charge in [0.1, 0.15) is 0 Å². The van der Waals surface area contributed by atoms with Gasteiger partial charge in [0.15, 0.2) is 0 Å². The number of aryl methyl sites for hydroxylation is 3. The second-order valence-electron chi connectivity index (χ2n) is 5.40. The molecule has 0 spiro atoms. The van der Waals surface area contributed by atoms with Gasteiger partial charge >= 0.3 is 0 Å². The molecule has 108 valence electrons. The Morgan fingerprint density at radius 1 is 1.10 bits per heavy atom. The maximum Gasteiger partial charge on any atom is 0.0393 e. The zero-order valence-electron chi connectivity index (χ0n) is 12.9. The van der Waals surface area contributed by atoms with Crippen LogP contribution in [0.25, 0.3) is 0 Å². The number of nitrogens with one attached hydrogen (secondary N) is 1. The zero-order chi connectivity index (χ0) is 14.5. The quantitative estimate of drug-likeness (QED) is 0.811. The fourth-order valence-corrected chi connectivity index (χ4v) is 3.25. The summed E-state index contributed by atoms with van der Waals surface area (Å²) in [6.07, 6.45) is 0. The predicted molar refractivity (Wildman–Crippen MR) is 89.9 cm³/mol. The Balaban J connectivity index is 1.78. The van der Waals surface area contributed by atoms with E-state index in [4.69, 9.17) is 0 Å². The van der Waals surface area contributed by atoms with E-state index in [0.29, 0.717) is 0 Å². The third-order valence-electron chi connectivity index (χ3n) is 3.48. The van der Waals surface area contributed by atoms with Crippen molar-refractivity contribution in [3.8, 4) is 0 Å². The summed E-state index contributed by atoms with van der Waals surface area (Å²) in [6.45, 7) is 9.47. The Hall–Kier alpha value is -1.32. The van der Waals surface area contributed by atoms with E-state index in [9.17, 15) is 0 Å². The van der Waals surface area contributed by atoms with Crippen molar-refractivity contribution in [3.05, 3.63) is 51.2 Å². The van der Waals surface area contributed by atoms with Gasteiger partial charge in [-0.05, 0) is 44.5 Å². The van der Waals surface area contributed by atoms with Gasteiger partial charge in [0.05, 0.1) is 0 Å². The number of thiophene rings is 1. The largest absolute Gasteiger partial charge is 0.373 e. The van der Waals surface area contributed by atoms with Gasteiger partial charge in [-0.15, -0.1) is 11.3 Å². The molecule has 2 aromatic rings. The van der Waals surface area contributed by atoms with Crippen LogP contribution in [-0.2, 0) is 6.54 Å². The van der Waals surface area contributed by atoms with Crippen molar-refractivity contribution >= 4 is 17.0 Å². The SMILES string of the molecule is Cc1ccc(N(C)CCNCc2ccc(C)s2)c(C)c1. The summed E-state index contributed by atoms with van der Waals surface area (Å²) in [4.78, 5) is 5.12. The van der Waals surface area contributed by atoms with E-state index in [1.165, 1.54) is 26.6 Å². The Labute approximate surface area is 126 Å². The highest BCUT2D eigenvalue weighted by Gasteiger charge is 2.04. The number of rotatable bonds is 6. The van der Waals surface area contributed by atoms with Crippen LogP contribution >= 0.6 is 11.3 Å². The first-order valence-electron chi connectivity index (χ1n) is 7.10. The van der Waals surface area contributed by atoms with Gasteiger partial charge in [0.25, 0.3) is 0 Å². The molecule has 0 amide bonds. The molecule has 0 saturated carbocycles. The average Bonchev–Trinajstić information content (AvgIpc) is 2.80. The van der Waals surface area contributed by atoms with Gasteiger partial charge in [-0.1, -0.05) is 17.7 Å². The molecule has 0 radical (unpaired) electrons. The molecule has 1 aromatic heterocycles. The molecule has 0 saturated heterocycles. The molecular weight excluding hydrogens is 264 g/mol. The first kappa shape index (κ1) is 15.1. The number of benzene rings is 1. The molecule has 0 aliphatic carbocycles. The van der Waals surface area contributed by atoms with Gasteiger partial charge in [-0.3, -0.25) is 0 Å². The first-order valence-corrected chi connectivity index (χ1v) is 7.92. The van der Waals surface area contributed by atoms with Gasteiger partial charge in [-0.2, -0.15) is 0 Å². The zero-order valence-corrected chi connectivity index (χ0v) is 13.7. The standard InChI is InChI=1S/C17H24N2S/c1-13-5-8-17(14(2)11-13)19(4)10-9-18-12-16-7-6-15(3)20-16/h5-8,11,18H,9-10,12H2,1-4H3. The average molecular weight is 288 g/mol. The smallest absolute Gasteiger partial charge is 0.0393 e. The van der Waals surface area contributed by atoms with Crippen molar-refractivity contribution in [2.45, 2.75) is 27.3 Å². The Morgan fingerprint density at radius 3 is 2.55 bits per heavy atom. The van der Waals surface area contributed by atoms with Crippen LogP contribution in [0.4, 0.5) is 5.69 Å². The maximum absolute atomic E-state index is 3.52. The summed E-state index contributed by atoms with van der Waals surface area (Å²) < 4.78 is 0. The number of hydrogen-bond acceptors (Lipinski definition) is 3. The third kappa shape index (κ3) is 4.09. The summed E-state index contributed by atoms with van der Waals surface area (Å²) >= 11 is 1.87. The molecule has 0 unspecified atom stereocenters. The van der Waals surface area contributed by atoms with E-state index < -0.39 is 0 Å². The monoisotopic (exact) mass is 288 g/mol. The van der Waals surface area contributed by atoms with Crippen LogP contribution in [0.2, 0.25) is 0 Å². The van der Waals surface area contributed by atoms with Crippen molar-refractivity contribution in [1.82, 2.24) is 5.32 Å². The fraction of sp³-hybridized carbons (Fsp3) is 0.412. The molecule has 0 aliphatic rings. The van der Waals surface area contributed by atoms with Gasteiger partial charge < -0.3 is 10.2 Å². The molecule has 0 fully saturated rings. The van der Waals surface area contributed by atoms with Gasteiger partial charge in [0.2, 0.25) is 0 Å². The third-order valence-corrected chi connectivity index (χ3v) is 4.48. The lowest BCUT2D eigenvalue weighted by Gasteiger charge is -2.22. The minimum Gasteiger partial charge on any atom is -0.373 e. The molecule has 2 nitrogen and oxygen atoms in total. The van der Waals surface area contributed by atoms with Crippen molar-refractivity contribution in [2.75, 3.05) is 25.0 Å². The van der Waals surface area contributed by atoms with Crippen LogP contribution in [-0.4, -0.2) is 20.1 Å². The topological polar surface area (TPSA) is 15.3 Å². The van der Waals surface area contributed by atoms with E-state index in [-0.39, 0.29) is 0 Å². The molecule has 0 aliphatic heterocycles. The van der Waals surface area contributed by atoms with E-state index in [2.05, 4.69) is 68.4 Å². The highest BCUT2D eigenvalue weighted by Crippen LogP contribution is 2.19. The minimum atomic E-state index is 0.971. The van der Waals surface area contributed by atoms with Crippen LogP contribution in [0, 0.1) is 20.8 Å². The van der Waals surface area contributed by atoms with Crippen LogP contribution in [0.3, 0.4) is 0 Å². The number of likely N-dealkylation sites (N-methyl/N-ethyl adjacent to an activating group) is 1. The summed E-state index contributed by atoms with van der Waals surface area (Å²) in [5.41, 5.74) is 4.00. The minimum absolute atomic E-state index is 0.971. The fourth-order valence-electron chi connectivity index (χ4n) is 2.39. The van der Waals surface area contributed by atoms with Crippen molar-refractivity contribution in [2.24, 2.45) is 0 Å². The summed E-state index contributed by atoms with van der Waals surface area (Å²) in [5.74, 6) is 0. The number of anilines is 1. The molecule has 2 rings (SSSR count). The Kier molecular flexibility index (Phi) is 5.21. The van der Waals surface area contributed by atoms with Crippen LogP contribution < -0.4 is 10.2 Å². The summed E-state index contributed by atoms with van der Waals surface area (Å²) in [6, 6.07) is 11.0. The first-order chi connectivity index (χ1) is 9.56. The highest BCUT2D eigenvalue weighted by atomic mass is 32.1. The number of nitrogens with zero attached hydrogens (tertiary/aromatic N) is 1. The van der Waals surface area contributed by atoms with Crippen LogP contribution in [0.15, 0.2) is 30.3 Å². The maximum atomic E-state index is 3.52. The lowest BCUT2D eigenvalue weighted by molar-refractivity contribution is 0.685. The second kappa shape index (κ2) is 6.91.